The average Bonchev–Trinajstić information content (AvgIpc) is 2.50. The summed E-state index contributed by atoms with van der Waals surface area (Å²) in [6.45, 7) is 21.3. The molecule has 0 aliphatic carbocycles. The Balaban J connectivity index is 3.11. The van der Waals surface area contributed by atoms with Crippen LogP contribution in [0.2, 0.25) is 36.3 Å². The molecule has 0 aromatic heterocycles. The Morgan fingerprint density at radius 3 is 1.82 bits per heavy atom. The molecule has 0 saturated heterocycles. The van der Waals surface area contributed by atoms with Gasteiger partial charge in [0.25, 0.3) is 8.32 Å². The highest BCUT2D eigenvalue weighted by atomic mass is 28.4. The second-order valence-electron chi connectivity index (χ2n) is 10.7. The zero-order valence-corrected chi connectivity index (χ0v) is 21.5. The van der Waals surface area contributed by atoms with Gasteiger partial charge in [-0.25, -0.2) is 0 Å². The van der Waals surface area contributed by atoms with Crippen LogP contribution in [0.15, 0.2) is 30.3 Å². The van der Waals surface area contributed by atoms with Crippen LogP contribution in [0.5, 0.6) is 0 Å². The molecule has 0 N–H and O–H groups in total. The third-order valence-electron chi connectivity index (χ3n) is 6.47. The standard InChI is InChI=1S/C22H39NO3Si2/c1-21(2,3)27(7,8)23(19(24)16-18-14-12-11-13-15-18)17-20(25)26-28(9,10)22(4,5)6/h11-15H,16-17H2,1-10H3. The van der Waals surface area contributed by atoms with Gasteiger partial charge in [0.05, 0.1) is 6.42 Å². The van der Waals surface area contributed by atoms with E-state index in [0.29, 0.717) is 6.42 Å². The van der Waals surface area contributed by atoms with Gasteiger partial charge in [-0.05, 0) is 28.7 Å². The second-order valence-corrected chi connectivity index (χ2v) is 20.6. The number of hydrogen-bond acceptors (Lipinski definition) is 3. The van der Waals surface area contributed by atoms with Gasteiger partial charge in [-0.2, -0.15) is 0 Å². The van der Waals surface area contributed by atoms with Gasteiger partial charge in [-0.1, -0.05) is 85.0 Å². The Morgan fingerprint density at radius 2 is 1.39 bits per heavy atom. The average molecular weight is 422 g/mol. The van der Waals surface area contributed by atoms with Crippen molar-refractivity contribution >= 4 is 28.4 Å². The number of carbonyl (C=O) groups is 2. The van der Waals surface area contributed by atoms with Crippen molar-refractivity contribution in [2.45, 2.75) is 84.2 Å². The number of benzene rings is 1. The SMILES string of the molecule is CC(C)(C)[Si](C)(C)OC(=O)CN(C(=O)Cc1ccccc1)[Si](C)(C)C(C)(C)C. The van der Waals surface area contributed by atoms with Crippen molar-refractivity contribution < 1.29 is 14.0 Å². The van der Waals surface area contributed by atoms with E-state index in [0.717, 1.165) is 5.56 Å². The summed E-state index contributed by atoms with van der Waals surface area (Å²) in [4.78, 5) is 26.2. The molecule has 0 fully saturated rings. The van der Waals surface area contributed by atoms with Crippen molar-refractivity contribution in [3.63, 3.8) is 0 Å². The van der Waals surface area contributed by atoms with Crippen LogP contribution in [0.4, 0.5) is 0 Å². The normalized spacial score (nSPS) is 13.2. The van der Waals surface area contributed by atoms with Crippen LogP contribution in [-0.2, 0) is 20.4 Å². The van der Waals surface area contributed by atoms with Gasteiger partial charge in [0.1, 0.15) is 6.54 Å². The highest BCUT2D eigenvalue weighted by molar-refractivity contribution is 6.79. The van der Waals surface area contributed by atoms with E-state index < -0.39 is 16.6 Å². The summed E-state index contributed by atoms with van der Waals surface area (Å²) in [5.74, 6) is -0.275. The van der Waals surface area contributed by atoms with Crippen molar-refractivity contribution in [2.75, 3.05) is 6.54 Å². The minimum Gasteiger partial charge on any atom is -0.518 e. The molecule has 0 aliphatic rings. The number of nitrogens with zero attached hydrogens (tertiary/aromatic N) is 1. The Kier molecular flexibility index (Phi) is 7.51. The molecule has 1 amide bonds. The smallest absolute Gasteiger partial charge is 0.311 e. The highest BCUT2D eigenvalue weighted by Gasteiger charge is 2.46. The first-order chi connectivity index (χ1) is 12.5. The van der Waals surface area contributed by atoms with Gasteiger partial charge in [-0.3, -0.25) is 9.59 Å². The Hall–Kier alpha value is -1.41. The molecule has 0 atom stereocenters. The van der Waals surface area contributed by atoms with Gasteiger partial charge in [0, 0.05) is 0 Å². The molecule has 4 nitrogen and oxygen atoms in total. The van der Waals surface area contributed by atoms with Crippen molar-refractivity contribution in [3.05, 3.63) is 35.9 Å². The maximum Gasteiger partial charge on any atom is 0.311 e. The first-order valence-electron chi connectivity index (χ1n) is 10.1. The van der Waals surface area contributed by atoms with E-state index in [1.165, 1.54) is 0 Å². The van der Waals surface area contributed by atoms with Crippen LogP contribution < -0.4 is 0 Å². The van der Waals surface area contributed by atoms with Gasteiger partial charge in [0.2, 0.25) is 5.91 Å². The molecule has 0 radical (unpaired) electrons. The van der Waals surface area contributed by atoms with Crippen LogP contribution in [-0.4, -0.2) is 39.5 Å². The van der Waals surface area contributed by atoms with E-state index in [-0.39, 0.29) is 28.5 Å². The van der Waals surface area contributed by atoms with Gasteiger partial charge in [-0.15, -0.1) is 0 Å². The molecule has 0 aliphatic heterocycles. The molecule has 6 heteroatoms. The Bertz CT molecular complexity index is 686. The summed E-state index contributed by atoms with van der Waals surface area (Å²) in [5, 5.41) is -0.116. The summed E-state index contributed by atoms with van der Waals surface area (Å²) in [6.07, 6.45) is 0.306. The second kappa shape index (κ2) is 8.53. The third kappa shape index (κ3) is 6.04. The van der Waals surface area contributed by atoms with E-state index >= 15 is 0 Å². The summed E-state index contributed by atoms with van der Waals surface area (Å²) in [7, 11) is -4.46. The lowest BCUT2D eigenvalue weighted by atomic mass is 10.1. The molecule has 0 spiro atoms. The van der Waals surface area contributed by atoms with Crippen molar-refractivity contribution in [3.8, 4) is 0 Å². The van der Waals surface area contributed by atoms with Crippen LogP contribution in [0.3, 0.4) is 0 Å². The van der Waals surface area contributed by atoms with Gasteiger partial charge in [0.15, 0.2) is 8.24 Å². The molecule has 28 heavy (non-hydrogen) atoms. The molecule has 158 valence electrons. The predicted molar refractivity (Wildman–Crippen MR) is 122 cm³/mol. The van der Waals surface area contributed by atoms with Crippen molar-refractivity contribution in [1.82, 2.24) is 4.57 Å². The van der Waals surface area contributed by atoms with E-state index in [9.17, 15) is 9.59 Å². The monoisotopic (exact) mass is 421 g/mol. The van der Waals surface area contributed by atoms with E-state index in [1.807, 2.05) is 34.9 Å². The fourth-order valence-electron chi connectivity index (χ4n) is 2.47. The minimum absolute atomic E-state index is 0.00460. The fraction of sp³-hybridized carbons (Fsp3) is 0.636. The quantitative estimate of drug-likeness (QED) is 0.561. The molecule has 0 bridgehead atoms. The van der Waals surface area contributed by atoms with E-state index in [2.05, 4.69) is 67.7 Å². The molecule has 0 unspecified atom stereocenters. The Labute approximate surface area is 173 Å². The van der Waals surface area contributed by atoms with Crippen LogP contribution in [0.1, 0.15) is 47.1 Å². The minimum atomic E-state index is -2.24. The molecule has 0 saturated carbocycles. The zero-order valence-electron chi connectivity index (χ0n) is 19.5. The topological polar surface area (TPSA) is 46.6 Å². The first-order valence-corrected chi connectivity index (χ1v) is 15.9. The van der Waals surface area contributed by atoms with Crippen molar-refractivity contribution in [2.24, 2.45) is 0 Å². The number of hydrogen-bond donors (Lipinski definition) is 0. The van der Waals surface area contributed by atoms with E-state index in [4.69, 9.17) is 4.43 Å². The lowest BCUT2D eigenvalue weighted by Crippen LogP contribution is -2.60. The molecular weight excluding hydrogens is 382 g/mol. The van der Waals surface area contributed by atoms with Gasteiger partial charge >= 0.3 is 5.97 Å². The number of carbonyl (C=O) groups excluding carboxylic acids is 2. The summed E-state index contributed by atoms with van der Waals surface area (Å²) in [5.41, 5.74) is 0.967. The summed E-state index contributed by atoms with van der Waals surface area (Å²) in [6, 6.07) is 9.72. The largest absolute Gasteiger partial charge is 0.518 e. The molecule has 0 heterocycles. The fourth-order valence-corrected chi connectivity index (χ4v) is 5.44. The first kappa shape index (κ1) is 24.6. The molecule has 1 aromatic rings. The van der Waals surface area contributed by atoms with Crippen LogP contribution in [0, 0.1) is 0 Å². The summed E-state index contributed by atoms with van der Waals surface area (Å²) < 4.78 is 7.81. The number of amides is 1. The van der Waals surface area contributed by atoms with Crippen LogP contribution >= 0.6 is 0 Å². The zero-order chi connectivity index (χ0) is 22.0. The van der Waals surface area contributed by atoms with Gasteiger partial charge < -0.3 is 8.99 Å². The maximum absolute atomic E-state index is 13.3. The lowest BCUT2D eigenvalue weighted by Gasteiger charge is -2.46. The number of rotatable bonds is 6. The molecular formula is C22H39NO3Si2. The highest BCUT2D eigenvalue weighted by Crippen LogP contribution is 2.39. The van der Waals surface area contributed by atoms with Crippen LogP contribution in [0.25, 0.3) is 0 Å². The summed E-state index contributed by atoms with van der Waals surface area (Å²) >= 11 is 0. The maximum atomic E-state index is 13.3. The van der Waals surface area contributed by atoms with E-state index in [1.54, 1.807) is 0 Å². The third-order valence-corrected chi connectivity index (χ3v) is 16.3. The van der Waals surface area contributed by atoms with Crippen molar-refractivity contribution in [1.29, 1.82) is 0 Å². The molecule has 1 aromatic carbocycles. The predicted octanol–water partition coefficient (Wildman–Crippen LogP) is 5.61. The Morgan fingerprint density at radius 1 is 0.893 bits per heavy atom. The molecule has 1 rings (SSSR count). The lowest BCUT2D eigenvalue weighted by molar-refractivity contribution is -0.140.